The molecule has 22 unspecified atom stereocenters. The zero-order valence-corrected chi connectivity index (χ0v) is 27.5. The number of carboxylic acid groups (broad SMARTS) is 1. The lowest BCUT2D eigenvalue weighted by atomic mass is 9.91. The average molecular weight is 785 g/mol. The van der Waals surface area contributed by atoms with Gasteiger partial charge >= 0.3 is 5.97 Å². The zero-order chi connectivity index (χ0) is 39.7. The second-order valence-electron chi connectivity index (χ2n) is 13.1. The van der Waals surface area contributed by atoms with Gasteiger partial charge < -0.3 is 120 Å². The highest BCUT2D eigenvalue weighted by molar-refractivity contribution is 5.75. The number of hydrogen-bond donors (Lipinski definition) is 17. The lowest BCUT2D eigenvalue weighted by molar-refractivity contribution is -0.395. The van der Waals surface area contributed by atoms with E-state index in [4.69, 9.17) is 33.2 Å². The van der Waals surface area contributed by atoms with Gasteiger partial charge in [0.1, 0.15) is 104 Å². The number of aliphatic hydroxyl groups is 16. The minimum atomic E-state index is -3.09. The molecule has 25 heteroatoms. The van der Waals surface area contributed by atoms with Crippen LogP contribution >= 0.6 is 0 Å². The highest BCUT2D eigenvalue weighted by Gasteiger charge is 2.58. The number of aliphatic hydroxyl groups excluding tert-OH is 15. The predicted octanol–water partition coefficient (Wildman–Crippen LogP) is -11.2. The van der Waals surface area contributed by atoms with Gasteiger partial charge in [-0.2, -0.15) is 0 Å². The summed E-state index contributed by atoms with van der Waals surface area (Å²) in [4.78, 5) is 11.6. The molecule has 4 rings (SSSR count). The smallest absolute Gasteiger partial charge is 0.364 e. The largest absolute Gasteiger partial charge is 0.477 e. The molecule has 0 aromatic rings. The van der Waals surface area contributed by atoms with Gasteiger partial charge in [0, 0.05) is 6.42 Å². The Kier molecular flexibility index (Phi) is 15.2. The topological polar surface area (TPSA) is 426 Å². The van der Waals surface area contributed by atoms with Gasteiger partial charge in [0.05, 0.1) is 32.5 Å². The summed E-state index contributed by atoms with van der Waals surface area (Å²) in [5, 5.41) is 175. The van der Waals surface area contributed by atoms with E-state index in [0.717, 1.165) is 0 Å². The lowest BCUT2D eigenvalue weighted by Gasteiger charge is -2.50. The molecule has 0 aliphatic carbocycles. The first-order valence-electron chi connectivity index (χ1n) is 16.3. The second kappa shape index (κ2) is 18.2. The highest BCUT2D eigenvalue weighted by atomic mass is 16.8. The number of aliphatic carboxylic acids is 1. The fourth-order valence-corrected chi connectivity index (χ4v) is 6.42. The first-order valence-corrected chi connectivity index (χ1v) is 16.3. The molecule has 0 saturated carbocycles. The number of hydrogen-bond acceptors (Lipinski definition) is 24. The normalized spacial score (nSPS) is 48.5. The third-order valence-corrected chi connectivity index (χ3v) is 9.44. The molecule has 0 radical (unpaired) electrons. The fourth-order valence-electron chi connectivity index (χ4n) is 6.42. The van der Waals surface area contributed by atoms with Crippen molar-refractivity contribution < 1.29 is 125 Å². The number of carboxylic acids is 1. The molecule has 4 aliphatic heterocycles. The van der Waals surface area contributed by atoms with Crippen molar-refractivity contribution in [2.24, 2.45) is 0 Å². The van der Waals surface area contributed by atoms with Gasteiger partial charge in [-0.25, -0.2) is 4.79 Å². The van der Waals surface area contributed by atoms with Crippen molar-refractivity contribution in [3.63, 3.8) is 0 Å². The van der Waals surface area contributed by atoms with Crippen LogP contribution in [0.5, 0.6) is 0 Å². The Hall–Kier alpha value is -1.45. The van der Waals surface area contributed by atoms with Gasteiger partial charge in [-0.15, -0.1) is 0 Å². The molecule has 0 aromatic carbocycles. The van der Waals surface area contributed by atoms with Crippen LogP contribution < -0.4 is 0 Å². The predicted molar refractivity (Wildman–Crippen MR) is 157 cm³/mol. The van der Waals surface area contributed by atoms with Crippen molar-refractivity contribution in [3.05, 3.63) is 0 Å². The molecule has 17 N–H and O–H groups in total. The number of carbonyl (C=O) groups is 1. The van der Waals surface area contributed by atoms with E-state index in [2.05, 4.69) is 0 Å². The second-order valence-corrected chi connectivity index (χ2v) is 13.1. The van der Waals surface area contributed by atoms with Crippen LogP contribution in [0, 0.1) is 0 Å². The van der Waals surface area contributed by atoms with E-state index in [9.17, 15) is 91.6 Å². The first kappa shape index (κ1) is 44.3. The van der Waals surface area contributed by atoms with Gasteiger partial charge in [-0.1, -0.05) is 0 Å². The monoisotopic (exact) mass is 784 g/mol. The SMILES string of the molecule is O=C(O)C1(O)CC(O)C(OC2OC(C(O)CO)C(O)C(OC3OC(C(O)CO)C(O)C(OC4OC(CO)C(O)C(O)C4O)C3O)C2O)C(C(O)CO)O1. The summed E-state index contributed by atoms with van der Waals surface area (Å²) in [5.74, 6) is -5.08. The quantitative estimate of drug-likeness (QED) is 0.0777. The van der Waals surface area contributed by atoms with Gasteiger partial charge in [0.25, 0.3) is 5.79 Å². The summed E-state index contributed by atoms with van der Waals surface area (Å²) in [6, 6.07) is 0. The van der Waals surface area contributed by atoms with Crippen molar-refractivity contribution in [1.29, 1.82) is 0 Å². The van der Waals surface area contributed by atoms with Crippen molar-refractivity contribution >= 4 is 5.97 Å². The minimum Gasteiger partial charge on any atom is -0.477 e. The fraction of sp³-hybridized carbons (Fsp3) is 0.964. The Morgan fingerprint density at radius 2 is 1.00 bits per heavy atom. The van der Waals surface area contributed by atoms with E-state index in [-0.39, 0.29) is 0 Å². The van der Waals surface area contributed by atoms with Crippen LogP contribution in [0.1, 0.15) is 6.42 Å². The Bertz CT molecular complexity index is 1170. The van der Waals surface area contributed by atoms with Gasteiger partial charge in [0.2, 0.25) is 0 Å². The van der Waals surface area contributed by atoms with Crippen LogP contribution in [0.15, 0.2) is 0 Å². The molecule has 22 atom stereocenters. The van der Waals surface area contributed by atoms with E-state index in [0.29, 0.717) is 0 Å². The summed E-state index contributed by atoms with van der Waals surface area (Å²) >= 11 is 0. The number of ether oxygens (including phenoxy) is 7. The maximum atomic E-state index is 11.6. The maximum absolute atomic E-state index is 11.6. The summed E-state index contributed by atoms with van der Waals surface area (Å²) < 4.78 is 37.9. The van der Waals surface area contributed by atoms with E-state index >= 15 is 0 Å². The maximum Gasteiger partial charge on any atom is 0.364 e. The van der Waals surface area contributed by atoms with Crippen LogP contribution in [-0.2, 0) is 38.0 Å². The molecule has 4 saturated heterocycles. The van der Waals surface area contributed by atoms with Crippen LogP contribution in [0.2, 0.25) is 0 Å². The van der Waals surface area contributed by atoms with E-state index in [1.54, 1.807) is 0 Å². The highest BCUT2D eigenvalue weighted by Crippen LogP contribution is 2.37. The van der Waals surface area contributed by atoms with Gasteiger partial charge in [0.15, 0.2) is 18.9 Å². The molecule has 0 bridgehead atoms. The first-order chi connectivity index (χ1) is 24.8. The molecule has 53 heavy (non-hydrogen) atoms. The van der Waals surface area contributed by atoms with Crippen molar-refractivity contribution in [3.8, 4) is 0 Å². The molecule has 0 aromatic heterocycles. The summed E-state index contributed by atoms with van der Waals surface area (Å²) in [5.41, 5.74) is 0. The summed E-state index contributed by atoms with van der Waals surface area (Å²) in [6.07, 6.45) is -43.8. The molecule has 4 heterocycles. The average Bonchev–Trinajstić information content (AvgIpc) is 3.13. The minimum absolute atomic E-state index is 0.894. The Morgan fingerprint density at radius 3 is 1.42 bits per heavy atom. The van der Waals surface area contributed by atoms with Crippen LogP contribution in [0.25, 0.3) is 0 Å². The van der Waals surface area contributed by atoms with E-state index < -0.39 is 173 Å². The molecule has 0 amide bonds. The summed E-state index contributed by atoms with van der Waals surface area (Å²) in [6.45, 7) is -4.20. The Balaban J connectivity index is 1.63. The molecule has 310 valence electrons. The van der Waals surface area contributed by atoms with Crippen LogP contribution in [-0.4, -0.2) is 254 Å². The standard InChI is InChI=1S/C28H48O25/c29-2-7(34)18-15(41)23(16(42)25(48-18)50-20-6(33)1-28(46,27(44)45)53-21(20)9(36)4-31)52-26-17(43)22(14(40)19(49-26)8(35)3-30)51-24-13(39)12(38)11(37)10(5-32)47-24/h6-26,29-43,46H,1-5H2,(H,44,45). The summed E-state index contributed by atoms with van der Waals surface area (Å²) in [7, 11) is 0. The Morgan fingerprint density at radius 1 is 0.585 bits per heavy atom. The molecule has 25 nitrogen and oxygen atoms in total. The van der Waals surface area contributed by atoms with E-state index in [1.165, 1.54) is 0 Å². The van der Waals surface area contributed by atoms with E-state index in [1.807, 2.05) is 0 Å². The van der Waals surface area contributed by atoms with Crippen molar-refractivity contribution in [2.45, 2.75) is 141 Å². The molecule has 4 aliphatic rings. The molecular formula is C28H48O25. The molecule has 4 fully saturated rings. The van der Waals surface area contributed by atoms with Crippen molar-refractivity contribution in [1.82, 2.24) is 0 Å². The Labute approximate surface area is 298 Å². The zero-order valence-electron chi connectivity index (χ0n) is 27.5. The van der Waals surface area contributed by atoms with Crippen LogP contribution in [0.3, 0.4) is 0 Å². The van der Waals surface area contributed by atoms with Gasteiger partial charge in [-0.05, 0) is 0 Å². The molecular weight excluding hydrogens is 736 g/mol. The lowest BCUT2D eigenvalue weighted by Crippen LogP contribution is -2.69. The van der Waals surface area contributed by atoms with Gasteiger partial charge in [-0.3, -0.25) is 0 Å². The third-order valence-electron chi connectivity index (χ3n) is 9.44. The third kappa shape index (κ3) is 9.08. The molecule has 0 spiro atoms. The number of rotatable bonds is 14. The van der Waals surface area contributed by atoms with Crippen LogP contribution in [0.4, 0.5) is 0 Å². The van der Waals surface area contributed by atoms with Crippen molar-refractivity contribution in [2.75, 3.05) is 26.4 Å².